The molecule has 0 saturated heterocycles. The van der Waals surface area contributed by atoms with Crippen LogP contribution in [0.1, 0.15) is 15.9 Å². The molecule has 1 rings (SSSR count). The van der Waals surface area contributed by atoms with E-state index in [-0.39, 0.29) is 5.78 Å². The van der Waals surface area contributed by atoms with Gasteiger partial charge in [0.2, 0.25) is 0 Å². The summed E-state index contributed by atoms with van der Waals surface area (Å²) < 4.78 is 0. The summed E-state index contributed by atoms with van der Waals surface area (Å²) in [6.45, 7) is 1.94. The van der Waals surface area contributed by atoms with Crippen LogP contribution < -0.4 is 5.11 Å². The van der Waals surface area contributed by atoms with Gasteiger partial charge in [0.1, 0.15) is 0 Å². The van der Waals surface area contributed by atoms with Crippen LogP contribution in [0.3, 0.4) is 0 Å². The Morgan fingerprint density at radius 3 is 2.42 bits per heavy atom. The second kappa shape index (κ2) is 3.72. The second-order valence-corrected chi connectivity index (χ2v) is 2.53. The average molecular weight is 161 g/mol. The summed E-state index contributed by atoms with van der Waals surface area (Å²) >= 11 is 0. The minimum Gasteiger partial charge on any atom is -0.878 e. The molecular weight excluding hydrogens is 152 g/mol. The number of rotatable bonds is 2. The molecule has 0 saturated carbocycles. The van der Waals surface area contributed by atoms with Gasteiger partial charge in [-0.25, -0.2) is 0 Å². The Labute approximate surface area is 71.2 Å². The van der Waals surface area contributed by atoms with E-state index in [1.165, 1.54) is 0 Å². The zero-order valence-corrected chi connectivity index (χ0v) is 6.78. The fourth-order valence-electron chi connectivity index (χ4n) is 0.876. The lowest BCUT2D eigenvalue weighted by Crippen LogP contribution is -1.96. The quantitative estimate of drug-likeness (QED) is 0.369. The zero-order valence-electron chi connectivity index (χ0n) is 6.78. The molecule has 0 fully saturated rings. The minimum absolute atomic E-state index is 0.245. The first kappa shape index (κ1) is 8.53. The third kappa shape index (κ3) is 1.95. The largest absolute Gasteiger partial charge is 0.878 e. The van der Waals surface area contributed by atoms with Gasteiger partial charge in [0.05, 0.1) is 0 Å². The number of carbonyl (C=O) groups excluding carboxylic acids is 1. The first-order chi connectivity index (χ1) is 5.74. The summed E-state index contributed by atoms with van der Waals surface area (Å²) in [5, 5.41) is 9.98. The smallest absolute Gasteiger partial charge is 0.184 e. The van der Waals surface area contributed by atoms with Gasteiger partial charge in [-0.05, 0) is 13.0 Å². The second-order valence-electron chi connectivity index (χ2n) is 2.53. The number of hydrogen-bond donors (Lipinski definition) is 0. The van der Waals surface area contributed by atoms with Crippen LogP contribution in [-0.2, 0) is 0 Å². The molecule has 1 aromatic carbocycles. The molecule has 0 radical (unpaired) electrons. The zero-order chi connectivity index (χ0) is 8.97. The maximum absolute atomic E-state index is 11.1. The van der Waals surface area contributed by atoms with Crippen molar-refractivity contribution < 1.29 is 9.90 Å². The highest BCUT2D eigenvalue weighted by atomic mass is 16.2. The van der Waals surface area contributed by atoms with E-state index in [9.17, 15) is 9.90 Å². The molecule has 0 unspecified atom stereocenters. The van der Waals surface area contributed by atoms with Crippen LogP contribution in [0.5, 0.6) is 0 Å². The molecule has 0 bridgehead atoms. The first-order valence-electron chi connectivity index (χ1n) is 3.63. The van der Waals surface area contributed by atoms with Crippen molar-refractivity contribution in [1.82, 2.24) is 0 Å². The lowest BCUT2D eigenvalue weighted by atomic mass is 10.1. The lowest BCUT2D eigenvalue weighted by molar-refractivity contribution is -0.274. The summed E-state index contributed by atoms with van der Waals surface area (Å²) in [4.78, 5) is 11.1. The third-order valence-electron chi connectivity index (χ3n) is 1.56. The van der Waals surface area contributed by atoms with Gasteiger partial charge in [-0.15, -0.1) is 6.26 Å². The number of ketones is 1. The molecular formula is C10H9O2-. The molecule has 0 atom stereocenters. The fourth-order valence-corrected chi connectivity index (χ4v) is 0.876. The normalized spacial score (nSPS) is 10.4. The Balaban J connectivity index is 2.90. The molecule has 12 heavy (non-hydrogen) atoms. The van der Waals surface area contributed by atoms with Gasteiger partial charge in [0, 0.05) is 5.56 Å². The van der Waals surface area contributed by atoms with Gasteiger partial charge in [-0.1, -0.05) is 29.8 Å². The van der Waals surface area contributed by atoms with E-state index in [0.29, 0.717) is 11.8 Å². The van der Waals surface area contributed by atoms with Crippen LogP contribution >= 0.6 is 0 Å². The minimum atomic E-state index is -0.245. The lowest BCUT2D eigenvalue weighted by Gasteiger charge is -1.96. The van der Waals surface area contributed by atoms with Gasteiger partial charge in [-0.3, -0.25) is 4.79 Å². The molecule has 2 nitrogen and oxygen atoms in total. The van der Waals surface area contributed by atoms with Crippen LogP contribution in [0.2, 0.25) is 0 Å². The summed E-state index contributed by atoms with van der Waals surface area (Å²) in [5.74, 6) is -0.245. The molecule has 0 N–H and O–H groups in total. The monoisotopic (exact) mass is 161 g/mol. The molecule has 0 amide bonds. The topological polar surface area (TPSA) is 40.1 Å². The molecule has 0 aliphatic carbocycles. The van der Waals surface area contributed by atoms with Crippen molar-refractivity contribution >= 4 is 5.78 Å². The SMILES string of the molecule is Cc1ccc(C(=O)C=C[O-])cc1. The number of carbonyl (C=O) groups is 1. The Morgan fingerprint density at radius 1 is 1.33 bits per heavy atom. The summed E-state index contributed by atoms with van der Waals surface area (Å²) in [6.07, 6.45) is 1.52. The van der Waals surface area contributed by atoms with Gasteiger partial charge in [0.15, 0.2) is 5.78 Å². The number of benzene rings is 1. The van der Waals surface area contributed by atoms with E-state index in [1.54, 1.807) is 12.1 Å². The van der Waals surface area contributed by atoms with Gasteiger partial charge in [-0.2, -0.15) is 0 Å². The standard InChI is InChI=1S/C10H10O2/c1-8-2-4-9(5-3-8)10(12)6-7-11/h2-7,11H,1H3/p-1. The Bertz CT molecular complexity index is 296. The predicted octanol–water partition coefficient (Wildman–Crippen LogP) is 1.05. The van der Waals surface area contributed by atoms with Gasteiger partial charge < -0.3 is 5.11 Å². The molecule has 0 heterocycles. The van der Waals surface area contributed by atoms with Crippen LogP contribution in [0, 0.1) is 6.92 Å². The highest BCUT2D eigenvalue weighted by molar-refractivity contribution is 6.04. The predicted molar refractivity (Wildman–Crippen MR) is 44.6 cm³/mol. The maximum Gasteiger partial charge on any atom is 0.184 e. The summed E-state index contributed by atoms with van der Waals surface area (Å²) in [5.41, 5.74) is 1.64. The number of hydrogen-bond acceptors (Lipinski definition) is 2. The molecule has 0 aliphatic heterocycles. The summed E-state index contributed by atoms with van der Waals surface area (Å²) in [7, 11) is 0. The number of aryl methyl sites for hydroxylation is 1. The van der Waals surface area contributed by atoms with Gasteiger partial charge >= 0.3 is 0 Å². The van der Waals surface area contributed by atoms with E-state index >= 15 is 0 Å². The Hall–Kier alpha value is -1.57. The molecule has 1 aromatic rings. The van der Waals surface area contributed by atoms with E-state index in [2.05, 4.69) is 0 Å². The van der Waals surface area contributed by atoms with E-state index in [0.717, 1.165) is 11.6 Å². The first-order valence-corrected chi connectivity index (χ1v) is 3.63. The van der Waals surface area contributed by atoms with E-state index in [4.69, 9.17) is 0 Å². The summed E-state index contributed by atoms with van der Waals surface area (Å²) in [6, 6.07) is 7.09. The third-order valence-corrected chi connectivity index (χ3v) is 1.56. The van der Waals surface area contributed by atoms with Crippen molar-refractivity contribution in [3.05, 3.63) is 47.7 Å². The van der Waals surface area contributed by atoms with Crippen LogP contribution in [0.25, 0.3) is 0 Å². The van der Waals surface area contributed by atoms with Crippen molar-refractivity contribution in [2.24, 2.45) is 0 Å². The van der Waals surface area contributed by atoms with Crippen molar-refractivity contribution in [1.29, 1.82) is 0 Å². The highest BCUT2D eigenvalue weighted by Crippen LogP contribution is 2.03. The van der Waals surface area contributed by atoms with E-state index < -0.39 is 0 Å². The molecule has 0 spiro atoms. The fraction of sp³-hybridized carbons (Fsp3) is 0.100. The average Bonchev–Trinajstić information content (AvgIpc) is 2.06. The van der Waals surface area contributed by atoms with Crippen LogP contribution in [0.15, 0.2) is 36.6 Å². The van der Waals surface area contributed by atoms with Crippen molar-refractivity contribution in [3.63, 3.8) is 0 Å². The van der Waals surface area contributed by atoms with Crippen molar-refractivity contribution in [2.45, 2.75) is 6.92 Å². The van der Waals surface area contributed by atoms with E-state index in [1.807, 2.05) is 19.1 Å². The van der Waals surface area contributed by atoms with Crippen LogP contribution in [0.4, 0.5) is 0 Å². The molecule has 0 aliphatic rings. The maximum atomic E-state index is 11.1. The molecule has 0 aromatic heterocycles. The molecule has 2 heteroatoms. The molecule has 62 valence electrons. The van der Waals surface area contributed by atoms with Gasteiger partial charge in [0.25, 0.3) is 0 Å². The van der Waals surface area contributed by atoms with Crippen molar-refractivity contribution in [3.8, 4) is 0 Å². The highest BCUT2D eigenvalue weighted by Gasteiger charge is 1.97. The number of allylic oxidation sites excluding steroid dienone is 1. The van der Waals surface area contributed by atoms with Crippen LogP contribution in [-0.4, -0.2) is 5.78 Å². The Morgan fingerprint density at radius 2 is 1.92 bits per heavy atom. The van der Waals surface area contributed by atoms with Crippen molar-refractivity contribution in [2.75, 3.05) is 0 Å². The Kier molecular flexibility index (Phi) is 2.64.